The molecule has 0 spiro atoms. The predicted molar refractivity (Wildman–Crippen MR) is 66.7 cm³/mol. The lowest BCUT2D eigenvalue weighted by Gasteiger charge is -2.32. The lowest BCUT2D eigenvalue weighted by Crippen LogP contribution is -2.34. The van der Waals surface area contributed by atoms with Crippen molar-refractivity contribution in [1.82, 2.24) is 5.32 Å². The number of hydrogen-bond donors (Lipinski definition) is 1. The summed E-state index contributed by atoms with van der Waals surface area (Å²) >= 11 is 0. The van der Waals surface area contributed by atoms with E-state index in [1.165, 1.54) is 0 Å². The third-order valence-electron chi connectivity index (χ3n) is 2.80. The van der Waals surface area contributed by atoms with Gasteiger partial charge < -0.3 is 14.8 Å². The molecule has 3 nitrogen and oxygen atoms in total. The minimum absolute atomic E-state index is 0.316. The molecule has 1 fully saturated rings. The Bertz CT molecular complexity index is 208. The van der Waals surface area contributed by atoms with Gasteiger partial charge >= 0.3 is 0 Å². The molecule has 1 aliphatic rings. The van der Waals surface area contributed by atoms with Gasteiger partial charge in [-0.2, -0.15) is 0 Å². The molecule has 94 valence electrons. The summed E-state index contributed by atoms with van der Waals surface area (Å²) in [5.41, 5.74) is 1.12. The fourth-order valence-electron chi connectivity index (χ4n) is 2.07. The van der Waals surface area contributed by atoms with Gasteiger partial charge in [0.2, 0.25) is 0 Å². The minimum atomic E-state index is 0.316. The first-order valence-electron chi connectivity index (χ1n) is 6.26. The van der Waals surface area contributed by atoms with Gasteiger partial charge in [-0.25, -0.2) is 0 Å². The Labute approximate surface area is 99.2 Å². The summed E-state index contributed by atoms with van der Waals surface area (Å²) in [4.78, 5) is 0. The van der Waals surface area contributed by atoms with Gasteiger partial charge in [0, 0.05) is 6.54 Å². The lowest BCUT2D eigenvalue weighted by molar-refractivity contribution is -0.0978. The van der Waals surface area contributed by atoms with Gasteiger partial charge in [-0.1, -0.05) is 13.5 Å². The Balaban J connectivity index is 2.18. The first-order chi connectivity index (χ1) is 7.61. The second-order valence-corrected chi connectivity index (χ2v) is 4.69. The lowest BCUT2D eigenvalue weighted by atomic mass is 10.0. The van der Waals surface area contributed by atoms with E-state index in [2.05, 4.69) is 32.7 Å². The molecule has 1 rings (SSSR count). The van der Waals surface area contributed by atoms with E-state index in [0.29, 0.717) is 24.9 Å². The Kier molecular flexibility index (Phi) is 6.03. The van der Waals surface area contributed by atoms with Crippen LogP contribution in [0.25, 0.3) is 0 Å². The highest BCUT2D eigenvalue weighted by Gasteiger charge is 2.24. The number of hydrogen-bond acceptors (Lipinski definition) is 3. The van der Waals surface area contributed by atoms with Crippen molar-refractivity contribution >= 4 is 0 Å². The minimum Gasteiger partial charge on any atom is -0.375 e. The van der Waals surface area contributed by atoms with Crippen LogP contribution < -0.4 is 5.32 Å². The van der Waals surface area contributed by atoms with E-state index in [4.69, 9.17) is 9.47 Å². The molecule has 2 atom stereocenters. The zero-order valence-electron chi connectivity index (χ0n) is 10.8. The van der Waals surface area contributed by atoms with Crippen molar-refractivity contribution in [3.63, 3.8) is 0 Å². The monoisotopic (exact) mass is 227 g/mol. The van der Waals surface area contributed by atoms with Gasteiger partial charge in [-0.05, 0) is 38.8 Å². The van der Waals surface area contributed by atoms with Crippen molar-refractivity contribution in [2.75, 3.05) is 19.7 Å². The smallest absolute Gasteiger partial charge is 0.0690 e. The summed E-state index contributed by atoms with van der Waals surface area (Å²) < 4.78 is 11.5. The van der Waals surface area contributed by atoms with Gasteiger partial charge in [0.05, 0.1) is 24.9 Å². The van der Waals surface area contributed by atoms with Crippen molar-refractivity contribution in [1.29, 1.82) is 0 Å². The quantitative estimate of drug-likeness (QED) is 0.705. The third kappa shape index (κ3) is 5.10. The van der Waals surface area contributed by atoms with Crippen LogP contribution in [0.2, 0.25) is 0 Å². The molecule has 2 unspecified atom stereocenters. The third-order valence-corrected chi connectivity index (χ3v) is 2.80. The molecule has 16 heavy (non-hydrogen) atoms. The summed E-state index contributed by atoms with van der Waals surface area (Å²) in [6.45, 7) is 12.8. The molecule has 0 amide bonds. The van der Waals surface area contributed by atoms with E-state index in [9.17, 15) is 0 Å². The molecular formula is C13H25NO2. The molecule has 1 aliphatic heterocycles. The molecule has 3 heteroatoms. The highest BCUT2D eigenvalue weighted by molar-refractivity contribution is 4.97. The molecular weight excluding hydrogens is 202 g/mol. The Morgan fingerprint density at radius 2 is 2.00 bits per heavy atom. The van der Waals surface area contributed by atoms with Crippen LogP contribution in [0.4, 0.5) is 0 Å². The average Bonchev–Trinajstić information content (AvgIpc) is 2.22. The van der Waals surface area contributed by atoms with Crippen LogP contribution in [0.15, 0.2) is 12.2 Å². The maximum atomic E-state index is 5.86. The average molecular weight is 227 g/mol. The van der Waals surface area contributed by atoms with Crippen LogP contribution in [0.3, 0.4) is 0 Å². The summed E-state index contributed by atoms with van der Waals surface area (Å²) in [5, 5.41) is 3.25. The first-order valence-corrected chi connectivity index (χ1v) is 6.26. The molecule has 1 N–H and O–H groups in total. The van der Waals surface area contributed by atoms with Crippen molar-refractivity contribution < 1.29 is 9.47 Å². The SMILES string of the molecule is C=C(CNCC)COC1CC(C)OC(C)C1. The Hall–Kier alpha value is -0.380. The van der Waals surface area contributed by atoms with Crippen LogP contribution in [-0.2, 0) is 9.47 Å². The Morgan fingerprint density at radius 1 is 1.38 bits per heavy atom. The molecule has 0 aromatic heterocycles. The van der Waals surface area contributed by atoms with Crippen LogP contribution in [0.1, 0.15) is 33.6 Å². The maximum absolute atomic E-state index is 5.86. The van der Waals surface area contributed by atoms with Gasteiger partial charge in [-0.15, -0.1) is 0 Å². The molecule has 0 aromatic rings. The maximum Gasteiger partial charge on any atom is 0.0690 e. The highest BCUT2D eigenvalue weighted by Crippen LogP contribution is 2.21. The first kappa shape index (κ1) is 13.7. The molecule has 0 radical (unpaired) electrons. The van der Waals surface area contributed by atoms with Crippen LogP contribution in [0.5, 0.6) is 0 Å². The second kappa shape index (κ2) is 7.05. The summed E-state index contributed by atoms with van der Waals surface area (Å²) in [5.74, 6) is 0. The van der Waals surface area contributed by atoms with Crippen molar-refractivity contribution in [2.45, 2.75) is 51.9 Å². The number of nitrogens with one attached hydrogen (secondary N) is 1. The van der Waals surface area contributed by atoms with Gasteiger partial charge in [-0.3, -0.25) is 0 Å². The Morgan fingerprint density at radius 3 is 2.56 bits per heavy atom. The summed E-state index contributed by atoms with van der Waals surface area (Å²) in [7, 11) is 0. The molecule has 0 aromatic carbocycles. The van der Waals surface area contributed by atoms with E-state index >= 15 is 0 Å². The van der Waals surface area contributed by atoms with Crippen LogP contribution in [0, 0.1) is 0 Å². The molecule has 1 saturated heterocycles. The summed E-state index contributed by atoms with van der Waals surface area (Å²) in [6.07, 6.45) is 2.96. The van der Waals surface area contributed by atoms with E-state index < -0.39 is 0 Å². The van der Waals surface area contributed by atoms with Crippen molar-refractivity contribution in [2.24, 2.45) is 0 Å². The van der Waals surface area contributed by atoms with Crippen LogP contribution in [-0.4, -0.2) is 38.0 Å². The molecule has 0 aliphatic carbocycles. The van der Waals surface area contributed by atoms with Crippen molar-refractivity contribution in [3.05, 3.63) is 12.2 Å². The predicted octanol–water partition coefficient (Wildman–Crippen LogP) is 2.12. The van der Waals surface area contributed by atoms with Crippen LogP contribution >= 0.6 is 0 Å². The van der Waals surface area contributed by atoms with Gasteiger partial charge in [0.15, 0.2) is 0 Å². The fourth-order valence-corrected chi connectivity index (χ4v) is 2.07. The zero-order chi connectivity index (χ0) is 12.0. The topological polar surface area (TPSA) is 30.5 Å². The largest absolute Gasteiger partial charge is 0.375 e. The second-order valence-electron chi connectivity index (χ2n) is 4.69. The van der Waals surface area contributed by atoms with E-state index in [0.717, 1.165) is 31.5 Å². The number of likely N-dealkylation sites (N-methyl/N-ethyl adjacent to an activating group) is 1. The zero-order valence-corrected chi connectivity index (χ0v) is 10.8. The molecule has 1 heterocycles. The highest BCUT2D eigenvalue weighted by atomic mass is 16.5. The van der Waals surface area contributed by atoms with E-state index in [1.807, 2.05) is 0 Å². The van der Waals surface area contributed by atoms with Crippen molar-refractivity contribution in [3.8, 4) is 0 Å². The standard InChI is InChI=1S/C13H25NO2/c1-5-14-8-10(2)9-15-13-6-11(3)16-12(4)7-13/h11-14H,2,5-9H2,1,3-4H3. The normalized spacial score (nSPS) is 30.3. The van der Waals surface area contributed by atoms with E-state index in [-0.39, 0.29) is 0 Å². The summed E-state index contributed by atoms with van der Waals surface area (Å²) in [6, 6.07) is 0. The van der Waals surface area contributed by atoms with Gasteiger partial charge in [0.25, 0.3) is 0 Å². The molecule has 0 bridgehead atoms. The van der Waals surface area contributed by atoms with E-state index in [1.54, 1.807) is 0 Å². The number of ether oxygens (including phenoxy) is 2. The number of rotatable bonds is 6. The fraction of sp³-hybridized carbons (Fsp3) is 0.846. The molecule has 0 saturated carbocycles. The van der Waals surface area contributed by atoms with Gasteiger partial charge in [0.1, 0.15) is 0 Å².